The topological polar surface area (TPSA) is 63.1 Å². The van der Waals surface area contributed by atoms with Gasteiger partial charge in [0.05, 0.1) is 12.6 Å². The molecule has 0 radical (unpaired) electrons. The molecule has 0 bridgehead atoms. The highest BCUT2D eigenvalue weighted by Gasteiger charge is 2.33. The van der Waals surface area contributed by atoms with Crippen LogP contribution in [0.2, 0.25) is 0 Å². The van der Waals surface area contributed by atoms with Crippen LogP contribution in [0.4, 0.5) is 0 Å². The Morgan fingerprint density at radius 1 is 1.42 bits per heavy atom. The van der Waals surface area contributed by atoms with Gasteiger partial charge in [-0.1, -0.05) is 6.07 Å². The second-order valence-corrected chi connectivity index (χ2v) is 7.70. The molecule has 0 unspecified atom stereocenters. The van der Waals surface area contributed by atoms with Crippen LogP contribution in [0, 0.1) is 0 Å². The normalized spacial score (nSPS) is 19.0. The van der Waals surface area contributed by atoms with Gasteiger partial charge in [-0.3, -0.25) is 9.69 Å². The summed E-state index contributed by atoms with van der Waals surface area (Å²) in [4.78, 5) is 15.9. The first-order valence-corrected chi connectivity index (χ1v) is 9.56. The first-order valence-electron chi connectivity index (χ1n) is 8.68. The fourth-order valence-corrected chi connectivity index (χ4v) is 3.96. The summed E-state index contributed by atoms with van der Waals surface area (Å²) in [6.07, 6.45) is 3.38. The number of carbonyl (C=O) groups excluding carboxylic acids is 1. The van der Waals surface area contributed by atoms with Crippen molar-refractivity contribution < 1.29 is 4.79 Å². The molecule has 1 fully saturated rings. The summed E-state index contributed by atoms with van der Waals surface area (Å²) in [5.74, 6) is 2.87. The van der Waals surface area contributed by atoms with Crippen LogP contribution in [0.3, 0.4) is 0 Å². The molecule has 1 aliphatic carbocycles. The van der Waals surface area contributed by atoms with Crippen LogP contribution in [-0.2, 0) is 24.3 Å². The third kappa shape index (κ3) is 3.23. The number of hydrogen-bond acceptors (Lipinski definition) is 5. The van der Waals surface area contributed by atoms with Gasteiger partial charge in [-0.25, -0.2) is 0 Å². The SMILES string of the molecule is C[C@@H](C(=O)NCCc1cccs1)N1CCn2c(nnc2C2CC2)C1. The van der Waals surface area contributed by atoms with E-state index in [0.717, 1.165) is 31.2 Å². The Kier molecular flexibility index (Phi) is 4.37. The zero-order valence-corrected chi connectivity index (χ0v) is 14.8. The van der Waals surface area contributed by atoms with E-state index in [1.54, 1.807) is 11.3 Å². The summed E-state index contributed by atoms with van der Waals surface area (Å²) >= 11 is 1.73. The van der Waals surface area contributed by atoms with Gasteiger partial charge in [0.25, 0.3) is 0 Å². The number of aromatic nitrogens is 3. The third-order valence-corrected chi connectivity index (χ3v) is 5.87. The molecule has 6 nitrogen and oxygen atoms in total. The van der Waals surface area contributed by atoms with Crippen LogP contribution in [0.25, 0.3) is 0 Å². The molecular weight excluding hydrogens is 322 g/mol. The van der Waals surface area contributed by atoms with E-state index < -0.39 is 0 Å². The van der Waals surface area contributed by atoms with E-state index in [4.69, 9.17) is 0 Å². The molecule has 1 amide bonds. The highest BCUT2D eigenvalue weighted by Crippen LogP contribution is 2.39. The maximum atomic E-state index is 12.4. The van der Waals surface area contributed by atoms with Crippen LogP contribution < -0.4 is 5.32 Å². The predicted octanol–water partition coefficient (Wildman–Crippen LogP) is 1.78. The molecule has 2 aromatic rings. The zero-order valence-electron chi connectivity index (χ0n) is 13.9. The number of rotatable bonds is 6. The lowest BCUT2D eigenvalue weighted by atomic mass is 10.2. The van der Waals surface area contributed by atoms with Crippen LogP contribution in [0.1, 0.15) is 42.2 Å². The van der Waals surface area contributed by atoms with E-state index in [2.05, 4.69) is 36.4 Å². The van der Waals surface area contributed by atoms with Gasteiger partial charge in [0.2, 0.25) is 5.91 Å². The minimum Gasteiger partial charge on any atom is -0.354 e. The van der Waals surface area contributed by atoms with Gasteiger partial charge < -0.3 is 9.88 Å². The summed E-state index contributed by atoms with van der Waals surface area (Å²) in [5, 5.41) is 13.8. The lowest BCUT2D eigenvalue weighted by molar-refractivity contribution is -0.126. The van der Waals surface area contributed by atoms with Crippen molar-refractivity contribution in [3.8, 4) is 0 Å². The Morgan fingerprint density at radius 3 is 3.04 bits per heavy atom. The Balaban J connectivity index is 1.31. The lowest BCUT2D eigenvalue weighted by Gasteiger charge is -2.32. The molecule has 3 heterocycles. The van der Waals surface area contributed by atoms with Crippen molar-refractivity contribution in [2.75, 3.05) is 13.1 Å². The second-order valence-electron chi connectivity index (χ2n) is 6.67. The largest absolute Gasteiger partial charge is 0.354 e. The number of nitrogens with one attached hydrogen (secondary N) is 1. The predicted molar refractivity (Wildman–Crippen MR) is 92.9 cm³/mol. The number of fused-ring (bicyclic) bond motifs is 1. The number of thiophene rings is 1. The molecular formula is C17H23N5OS. The van der Waals surface area contributed by atoms with Crippen molar-refractivity contribution >= 4 is 17.2 Å². The Hall–Kier alpha value is -1.73. The van der Waals surface area contributed by atoms with Gasteiger partial charge in [-0.15, -0.1) is 21.5 Å². The molecule has 1 atom stereocenters. The van der Waals surface area contributed by atoms with E-state index in [-0.39, 0.29) is 11.9 Å². The molecule has 128 valence electrons. The monoisotopic (exact) mass is 345 g/mol. The second kappa shape index (κ2) is 6.64. The highest BCUT2D eigenvalue weighted by molar-refractivity contribution is 7.09. The molecule has 4 rings (SSSR count). The van der Waals surface area contributed by atoms with E-state index in [0.29, 0.717) is 19.0 Å². The smallest absolute Gasteiger partial charge is 0.237 e. The highest BCUT2D eigenvalue weighted by atomic mass is 32.1. The minimum absolute atomic E-state index is 0.0990. The number of carbonyl (C=O) groups is 1. The standard InChI is InChI=1S/C17H23N5OS/c1-12(17(23)18-7-6-14-3-2-10-24-14)21-8-9-22-15(11-21)19-20-16(22)13-4-5-13/h2-3,10,12-13H,4-9,11H2,1H3,(H,18,23)/t12-/m0/s1. The van der Waals surface area contributed by atoms with Crippen molar-refractivity contribution in [3.05, 3.63) is 34.0 Å². The first-order chi connectivity index (χ1) is 11.7. The van der Waals surface area contributed by atoms with Crippen LogP contribution in [0.5, 0.6) is 0 Å². The molecule has 1 N–H and O–H groups in total. The molecule has 1 saturated carbocycles. The van der Waals surface area contributed by atoms with Gasteiger partial charge in [0.15, 0.2) is 0 Å². The van der Waals surface area contributed by atoms with Gasteiger partial charge >= 0.3 is 0 Å². The summed E-state index contributed by atoms with van der Waals surface area (Å²) in [5.41, 5.74) is 0. The molecule has 24 heavy (non-hydrogen) atoms. The molecule has 2 aliphatic rings. The molecule has 0 spiro atoms. The van der Waals surface area contributed by atoms with Crippen molar-refractivity contribution in [1.82, 2.24) is 25.0 Å². The zero-order chi connectivity index (χ0) is 16.5. The van der Waals surface area contributed by atoms with Crippen LogP contribution in [0.15, 0.2) is 17.5 Å². The Labute approximate surface area is 145 Å². The molecule has 2 aromatic heterocycles. The van der Waals surface area contributed by atoms with Crippen molar-refractivity contribution in [3.63, 3.8) is 0 Å². The van der Waals surface area contributed by atoms with Gasteiger partial charge in [-0.2, -0.15) is 0 Å². The Morgan fingerprint density at radius 2 is 2.29 bits per heavy atom. The molecule has 0 aromatic carbocycles. The van der Waals surface area contributed by atoms with E-state index in [1.165, 1.54) is 17.7 Å². The van der Waals surface area contributed by atoms with Crippen molar-refractivity contribution in [2.45, 2.75) is 51.2 Å². The maximum Gasteiger partial charge on any atom is 0.237 e. The van der Waals surface area contributed by atoms with Crippen LogP contribution in [-0.4, -0.2) is 44.7 Å². The average molecular weight is 345 g/mol. The average Bonchev–Trinajstić information content (AvgIpc) is 3.14. The quantitative estimate of drug-likeness (QED) is 0.867. The summed E-state index contributed by atoms with van der Waals surface area (Å²) in [6, 6.07) is 4.02. The van der Waals surface area contributed by atoms with E-state index in [9.17, 15) is 4.79 Å². The van der Waals surface area contributed by atoms with E-state index in [1.807, 2.05) is 13.0 Å². The summed E-state index contributed by atoms with van der Waals surface area (Å²) in [6.45, 7) is 5.15. The molecule has 1 aliphatic heterocycles. The van der Waals surface area contributed by atoms with Gasteiger partial charge in [0.1, 0.15) is 11.6 Å². The van der Waals surface area contributed by atoms with E-state index >= 15 is 0 Å². The first kappa shape index (κ1) is 15.8. The number of nitrogens with zero attached hydrogens (tertiary/aromatic N) is 4. The maximum absolute atomic E-state index is 12.4. The third-order valence-electron chi connectivity index (χ3n) is 4.93. The van der Waals surface area contributed by atoms with Crippen molar-refractivity contribution in [1.29, 1.82) is 0 Å². The fraction of sp³-hybridized carbons (Fsp3) is 0.588. The van der Waals surface area contributed by atoms with Crippen LogP contribution >= 0.6 is 11.3 Å². The van der Waals surface area contributed by atoms with Gasteiger partial charge in [-0.05, 0) is 37.6 Å². The van der Waals surface area contributed by atoms with Gasteiger partial charge in [0, 0.05) is 30.4 Å². The summed E-state index contributed by atoms with van der Waals surface area (Å²) in [7, 11) is 0. The molecule has 0 saturated heterocycles. The lowest BCUT2D eigenvalue weighted by Crippen LogP contribution is -2.48. The number of hydrogen-bond donors (Lipinski definition) is 1. The summed E-state index contributed by atoms with van der Waals surface area (Å²) < 4.78 is 2.26. The van der Waals surface area contributed by atoms with Crippen molar-refractivity contribution in [2.24, 2.45) is 0 Å². The Bertz CT molecular complexity index is 707. The fourth-order valence-electron chi connectivity index (χ4n) is 3.25. The molecule has 7 heteroatoms. The minimum atomic E-state index is -0.136. The number of amides is 1.